The van der Waals surface area contributed by atoms with Gasteiger partial charge in [-0.3, -0.25) is 4.79 Å². The molecule has 0 spiro atoms. The molecule has 0 aromatic heterocycles. The van der Waals surface area contributed by atoms with Crippen molar-refractivity contribution in [3.8, 4) is 0 Å². The van der Waals surface area contributed by atoms with Crippen LogP contribution >= 0.6 is 22.6 Å². The fourth-order valence-electron chi connectivity index (χ4n) is 1.55. The highest BCUT2D eigenvalue weighted by molar-refractivity contribution is 14.1. The Labute approximate surface area is 125 Å². The van der Waals surface area contributed by atoms with Gasteiger partial charge in [0, 0.05) is 3.57 Å². The Hall–Kier alpha value is -1.69. The summed E-state index contributed by atoms with van der Waals surface area (Å²) in [5, 5.41) is 3.94. The first-order valence-corrected chi connectivity index (χ1v) is 6.93. The summed E-state index contributed by atoms with van der Waals surface area (Å²) in [6.45, 7) is 0. The van der Waals surface area contributed by atoms with Crippen LogP contribution in [0, 0.1) is 3.57 Å². The van der Waals surface area contributed by atoms with E-state index >= 15 is 0 Å². The number of carbonyl (C=O) groups excluding carboxylic acids is 1. The number of benzene rings is 2. The van der Waals surface area contributed by atoms with E-state index in [1.165, 1.54) is 3.57 Å². The molecule has 3 nitrogen and oxygen atoms in total. The quantitative estimate of drug-likeness (QED) is 0.506. The van der Waals surface area contributed by atoms with Gasteiger partial charge in [0.1, 0.15) is 0 Å². The van der Waals surface area contributed by atoms with Crippen LogP contribution in [0.2, 0.25) is 0 Å². The van der Waals surface area contributed by atoms with Gasteiger partial charge in [-0.1, -0.05) is 42.5 Å². The van der Waals surface area contributed by atoms with Gasteiger partial charge in [0.2, 0.25) is 5.91 Å². The van der Waals surface area contributed by atoms with E-state index in [9.17, 15) is 4.79 Å². The van der Waals surface area contributed by atoms with E-state index in [2.05, 4.69) is 33.1 Å². The summed E-state index contributed by atoms with van der Waals surface area (Å²) in [7, 11) is 0. The Morgan fingerprint density at radius 3 is 2.47 bits per heavy atom. The number of nitrogens with one attached hydrogen (secondary N) is 1. The Bertz CT molecular complexity index is 564. The summed E-state index contributed by atoms with van der Waals surface area (Å²) in [4.78, 5) is 11.6. The van der Waals surface area contributed by atoms with Gasteiger partial charge in [0.25, 0.3) is 0 Å². The minimum Gasteiger partial charge on any atom is -0.273 e. The Kier molecular flexibility index (Phi) is 5.09. The van der Waals surface area contributed by atoms with E-state index in [1.54, 1.807) is 6.21 Å². The van der Waals surface area contributed by atoms with Gasteiger partial charge >= 0.3 is 0 Å². The molecule has 2 rings (SSSR count). The molecule has 0 aliphatic carbocycles. The zero-order chi connectivity index (χ0) is 13.5. The summed E-state index contributed by atoms with van der Waals surface area (Å²) in [5.41, 5.74) is 4.46. The summed E-state index contributed by atoms with van der Waals surface area (Å²) in [6.07, 6.45) is 1.98. The maximum Gasteiger partial charge on any atom is 0.244 e. The summed E-state index contributed by atoms with van der Waals surface area (Å²) in [5.74, 6) is -0.118. The molecule has 0 atom stereocenters. The molecule has 2 aromatic carbocycles. The minimum absolute atomic E-state index is 0.118. The van der Waals surface area contributed by atoms with Gasteiger partial charge in [-0.2, -0.15) is 5.10 Å². The highest BCUT2D eigenvalue weighted by atomic mass is 127. The SMILES string of the molecule is O=C(Cc1ccccc1)N/N=C\c1ccc(I)cc1. The largest absolute Gasteiger partial charge is 0.273 e. The number of carbonyl (C=O) groups is 1. The summed E-state index contributed by atoms with van der Waals surface area (Å²) in [6, 6.07) is 17.5. The summed E-state index contributed by atoms with van der Waals surface area (Å²) < 4.78 is 1.17. The molecule has 96 valence electrons. The van der Waals surface area contributed by atoms with Crippen molar-refractivity contribution < 1.29 is 4.79 Å². The average Bonchev–Trinajstić information content (AvgIpc) is 2.42. The molecule has 0 unspecified atom stereocenters. The number of hydrazone groups is 1. The molecule has 0 saturated carbocycles. The van der Waals surface area contributed by atoms with Gasteiger partial charge in [0.15, 0.2) is 0 Å². The molecule has 0 radical (unpaired) electrons. The van der Waals surface area contributed by atoms with Crippen LogP contribution in [0.1, 0.15) is 11.1 Å². The van der Waals surface area contributed by atoms with Gasteiger partial charge in [-0.15, -0.1) is 0 Å². The lowest BCUT2D eigenvalue weighted by molar-refractivity contribution is -0.120. The van der Waals surface area contributed by atoms with Crippen molar-refractivity contribution in [3.05, 3.63) is 69.3 Å². The van der Waals surface area contributed by atoms with E-state index in [4.69, 9.17) is 0 Å². The van der Waals surface area contributed by atoms with Crippen LogP contribution in [0.15, 0.2) is 59.7 Å². The van der Waals surface area contributed by atoms with Crippen molar-refractivity contribution in [3.63, 3.8) is 0 Å². The first kappa shape index (κ1) is 13.7. The van der Waals surface area contributed by atoms with Crippen molar-refractivity contribution in [2.24, 2.45) is 5.10 Å². The molecule has 0 aliphatic rings. The molecule has 0 saturated heterocycles. The predicted molar refractivity (Wildman–Crippen MR) is 85.0 cm³/mol. The van der Waals surface area contributed by atoms with Crippen molar-refractivity contribution in [2.75, 3.05) is 0 Å². The number of hydrogen-bond donors (Lipinski definition) is 1. The molecule has 2 aromatic rings. The standard InChI is InChI=1S/C15H13IN2O/c16-14-8-6-13(7-9-14)11-17-18-15(19)10-12-4-2-1-3-5-12/h1-9,11H,10H2,(H,18,19)/b17-11-. The van der Waals surface area contributed by atoms with E-state index in [-0.39, 0.29) is 5.91 Å². The van der Waals surface area contributed by atoms with E-state index in [1.807, 2.05) is 54.6 Å². The lowest BCUT2D eigenvalue weighted by Gasteiger charge is -2.00. The van der Waals surface area contributed by atoms with E-state index in [0.717, 1.165) is 11.1 Å². The topological polar surface area (TPSA) is 41.5 Å². The monoisotopic (exact) mass is 364 g/mol. The second-order valence-electron chi connectivity index (χ2n) is 4.01. The maximum absolute atomic E-state index is 11.6. The van der Waals surface area contributed by atoms with Crippen molar-refractivity contribution in [1.29, 1.82) is 0 Å². The molecular weight excluding hydrogens is 351 g/mol. The van der Waals surface area contributed by atoms with Crippen LogP contribution in [0.3, 0.4) is 0 Å². The van der Waals surface area contributed by atoms with Crippen LogP contribution in [-0.4, -0.2) is 12.1 Å². The first-order valence-electron chi connectivity index (χ1n) is 5.85. The van der Waals surface area contributed by atoms with Crippen LogP contribution in [0.5, 0.6) is 0 Å². The zero-order valence-electron chi connectivity index (χ0n) is 10.2. The molecule has 0 bridgehead atoms. The van der Waals surface area contributed by atoms with Crippen molar-refractivity contribution in [1.82, 2.24) is 5.43 Å². The fraction of sp³-hybridized carbons (Fsp3) is 0.0667. The van der Waals surface area contributed by atoms with Gasteiger partial charge in [0.05, 0.1) is 12.6 Å². The average molecular weight is 364 g/mol. The lowest BCUT2D eigenvalue weighted by atomic mass is 10.1. The molecule has 0 aliphatic heterocycles. The predicted octanol–water partition coefficient (Wildman–Crippen LogP) is 2.98. The fourth-order valence-corrected chi connectivity index (χ4v) is 1.91. The van der Waals surface area contributed by atoms with Crippen LogP contribution in [0.4, 0.5) is 0 Å². The van der Waals surface area contributed by atoms with Crippen molar-refractivity contribution in [2.45, 2.75) is 6.42 Å². The van der Waals surface area contributed by atoms with Crippen LogP contribution < -0.4 is 5.43 Å². The molecule has 1 amide bonds. The van der Waals surface area contributed by atoms with Crippen LogP contribution in [0.25, 0.3) is 0 Å². The first-order chi connectivity index (χ1) is 9.24. The van der Waals surface area contributed by atoms with Gasteiger partial charge in [-0.25, -0.2) is 5.43 Å². The third kappa shape index (κ3) is 4.82. The van der Waals surface area contributed by atoms with Crippen LogP contribution in [-0.2, 0) is 11.2 Å². The molecule has 0 heterocycles. The molecular formula is C15H13IN2O. The number of nitrogens with zero attached hydrogens (tertiary/aromatic N) is 1. The minimum atomic E-state index is -0.118. The van der Waals surface area contributed by atoms with Gasteiger partial charge < -0.3 is 0 Å². The summed E-state index contributed by atoms with van der Waals surface area (Å²) >= 11 is 2.24. The zero-order valence-corrected chi connectivity index (χ0v) is 12.4. The second kappa shape index (κ2) is 7.04. The van der Waals surface area contributed by atoms with E-state index in [0.29, 0.717) is 6.42 Å². The van der Waals surface area contributed by atoms with Gasteiger partial charge in [-0.05, 0) is 45.9 Å². The normalized spacial score (nSPS) is 10.6. The Balaban J connectivity index is 1.85. The van der Waals surface area contributed by atoms with Crippen molar-refractivity contribution >= 4 is 34.7 Å². The Morgan fingerprint density at radius 1 is 1.11 bits per heavy atom. The third-order valence-electron chi connectivity index (χ3n) is 2.48. The lowest BCUT2D eigenvalue weighted by Crippen LogP contribution is -2.19. The molecule has 19 heavy (non-hydrogen) atoms. The number of rotatable bonds is 4. The molecule has 4 heteroatoms. The third-order valence-corrected chi connectivity index (χ3v) is 3.20. The number of hydrogen-bond acceptors (Lipinski definition) is 2. The second-order valence-corrected chi connectivity index (χ2v) is 5.25. The smallest absolute Gasteiger partial charge is 0.244 e. The number of halogens is 1. The molecule has 0 fully saturated rings. The molecule has 1 N–H and O–H groups in total. The van der Waals surface area contributed by atoms with E-state index < -0.39 is 0 Å². The Morgan fingerprint density at radius 2 is 1.79 bits per heavy atom. The number of amides is 1. The highest BCUT2D eigenvalue weighted by Gasteiger charge is 2.00. The maximum atomic E-state index is 11.6. The highest BCUT2D eigenvalue weighted by Crippen LogP contribution is 2.04.